The molecule has 2 rings (SSSR count). The van der Waals surface area contributed by atoms with Crippen molar-refractivity contribution in [1.82, 2.24) is 5.32 Å². The predicted octanol–water partition coefficient (Wildman–Crippen LogP) is 3.84. The highest BCUT2D eigenvalue weighted by Gasteiger charge is 2.13. The van der Waals surface area contributed by atoms with Gasteiger partial charge in [-0.25, -0.2) is 0 Å². The van der Waals surface area contributed by atoms with Gasteiger partial charge in [0.05, 0.1) is 0 Å². The van der Waals surface area contributed by atoms with Gasteiger partial charge >= 0.3 is 0 Å². The SMILES string of the molecule is NCC(NCc1cccs1)c1cc(Cl)ccc1Cl. The molecule has 1 unspecified atom stereocenters. The third-order valence-electron chi connectivity index (χ3n) is 2.67. The number of thiophene rings is 1. The third-order valence-corrected chi connectivity index (χ3v) is 4.13. The fraction of sp³-hybridized carbons (Fsp3) is 0.231. The van der Waals surface area contributed by atoms with Gasteiger partial charge in [-0.2, -0.15) is 0 Å². The van der Waals surface area contributed by atoms with Gasteiger partial charge in [0.1, 0.15) is 0 Å². The third kappa shape index (κ3) is 3.46. The maximum absolute atomic E-state index is 6.18. The normalized spacial score (nSPS) is 12.6. The summed E-state index contributed by atoms with van der Waals surface area (Å²) >= 11 is 13.9. The van der Waals surface area contributed by atoms with Crippen LogP contribution in [0.25, 0.3) is 0 Å². The minimum Gasteiger partial charge on any atom is -0.329 e. The van der Waals surface area contributed by atoms with Crippen molar-refractivity contribution in [3.8, 4) is 0 Å². The molecule has 96 valence electrons. The lowest BCUT2D eigenvalue weighted by molar-refractivity contribution is 0.545. The van der Waals surface area contributed by atoms with Crippen molar-refractivity contribution in [3.63, 3.8) is 0 Å². The zero-order valence-electron chi connectivity index (χ0n) is 9.70. The van der Waals surface area contributed by atoms with E-state index >= 15 is 0 Å². The highest BCUT2D eigenvalue weighted by Crippen LogP contribution is 2.26. The first-order chi connectivity index (χ1) is 8.70. The highest BCUT2D eigenvalue weighted by molar-refractivity contribution is 7.09. The van der Waals surface area contributed by atoms with Crippen molar-refractivity contribution in [2.24, 2.45) is 5.73 Å². The van der Waals surface area contributed by atoms with Crippen molar-refractivity contribution in [3.05, 3.63) is 56.2 Å². The second-order valence-corrected chi connectivity index (χ2v) is 5.79. The Morgan fingerprint density at radius 2 is 2.11 bits per heavy atom. The minimum atomic E-state index is 0.0123. The van der Waals surface area contributed by atoms with Gasteiger partial charge in [0.25, 0.3) is 0 Å². The zero-order chi connectivity index (χ0) is 13.0. The van der Waals surface area contributed by atoms with Gasteiger partial charge in [-0.1, -0.05) is 29.3 Å². The molecular weight excluding hydrogens is 287 g/mol. The van der Waals surface area contributed by atoms with Gasteiger partial charge in [-0.15, -0.1) is 11.3 Å². The number of hydrogen-bond acceptors (Lipinski definition) is 3. The van der Waals surface area contributed by atoms with Crippen LogP contribution in [0.3, 0.4) is 0 Å². The van der Waals surface area contributed by atoms with Crippen molar-refractivity contribution in [2.75, 3.05) is 6.54 Å². The molecule has 1 atom stereocenters. The molecule has 3 N–H and O–H groups in total. The molecule has 0 spiro atoms. The van der Waals surface area contributed by atoms with E-state index in [1.807, 2.05) is 12.1 Å². The van der Waals surface area contributed by atoms with Crippen molar-refractivity contribution in [1.29, 1.82) is 0 Å². The number of benzene rings is 1. The summed E-state index contributed by atoms with van der Waals surface area (Å²) in [5.41, 5.74) is 6.75. The average Bonchev–Trinajstić information content (AvgIpc) is 2.87. The Kier molecular flexibility index (Phi) is 5.03. The molecule has 1 aromatic carbocycles. The fourth-order valence-corrected chi connectivity index (χ4v) is 2.82. The van der Waals surface area contributed by atoms with E-state index in [0.717, 1.165) is 12.1 Å². The average molecular weight is 301 g/mol. The molecule has 0 bridgehead atoms. The van der Waals surface area contributed by atoms with Gasteiger partial charge in [0.2, 0.25) is 0 Å². The van der Waals surface area contributed by atoms with E-state index in [1.54, 1.807) is 23.5 Å². The quantitative estimate of drug-likeness (QED) is 0.880. The van der Waals surface area contributed by atoms with Crippen LogP contribution in [-0.4, -0.2) is 6.54 Å². The number of nitrogens with one attached hydrogen (secondary N) is 1. The van der Waals surface area contributed by atoms with E-state index < -0.39 is 0 Å². The number of rotatable bonds is 5. The second kappa shape index (κ2) is 6.55. The van der Waals surface area contributed by atoms with Gasteiger partial charge in [-0.05, 0) is 35.2 Å². The molecule has 5 heteroatoms. The van der Waals surface area contributed by atoms with Crippen LogP contribution in [0.2, 0.25) is 10.0 Å². The molecule has 1 aromatic heterocycles. The van der Waals surface area contributed by atoms with E-state index in [1.165, 1.54) is 4.88 Å². The van der Waals surface area contributed by atoms with Crippen LogP contribution >= 0.6 is 34.5 Å². The molecule has 0 aliphatic carbocycles. The van der Waals surface area contributed by atoms with Gasteiger partial charge < -0.3 is 11.1 Å². The van der Waals surface area contributed by atoms with Gasteiger partial charge in [0, 0.05) is 34.1 Å². The van der Waals surface area contributed by atoms with E-state index in [2.05, 4.69) is 16.8 Å². The molecule has 0 aliphatic rings. The molecule has 2 nitrogen and oxygen atoms in total. The smallest absolute Gasteiger partial charge is 0.0462 e. The Labute approximate surface area is 121 Å². The Morgan fingerprint density at radius 1 is 1.28 bits per heavy atom. The number of hydrogen-bond donors (Lipinski definition) is 2. The summed E-state index contributed by atoms with van der Waals surface area (Å²) in [4.78, 5) is 1.27. The molecule has 0 radical (unpaired) electrons. The molecule has 18 heavy (non-hydrogen) atoms. The van der Waals surface area contributed by atoms with Gasteiger partial charge in [-0.3, -0.25) is 0 Å². The molecule has 0 amide bonds. The van der Waals surface area contributed by atoms with Crippen LogP contribution in [0.15, 0.2) is 35.7 Å². The lowest BCUT2D eigenvalue weighted by Gasteiger charge is -2.18. The predicted molar refractivity (Wildman–Crippen MR) is 79.4 cm³/mol. The van der Waals surface area contributed by atoms with Crippen LogP contribution in [-0.2, 0) is 6.54 Å². The maximum atomic E-state index is 6.18. The molecule has 0 saturated heterocycles. The van der Waals surface area contributed by atoms with E-state index in [-0.39, 0.29) is 6.04 Å². The highest BCUT2D eigenvalue weighted by atomic mass is 35.5. The summed E-state index contributed by atoms with van der Waals surface area (Å²) in [5.74, 6) is 0. The first-order valence-electron chi connectivity index (χ1n) is 5.61. The molecule has 1 heterocycles. The fourth-order valence-electron chi connectivity index (χ4n) is 1.74. The van der Waals surface area contributed by atoms with Crippen molar-refractivity contribution >= 4 is 34.5 Å². The van der Waals surface area contributed by atoms with E-state index in [4.69, 9.17) is 28.9 Å². The summed E-state index contributed by atoms with van der Waals surface area (Å²) in [6.07, 6.45) is 0. The van der Waals surface area contributed by atoms with Crippen LogP contribution < -0.4 is 11.1 Å². The van der Waals surface area contributed by atoms with Crippen LogP contribution in [0.5, 0.6) is 0 Å². The molecule has 0 fully saturated rings. The molecule has 0 saturated carbocycles. The number of halogens is 2. The Hall–Kier alpha value is -0.580. The summed E-state index contributed by atoms with van der Waals surface area (Å²) in [6, 6.07) is 9.58. The zero-order valence-corrected chi connectivity index (χ0v) is 12.0. The lowest BCUT2D eigenvalue weighted by atomic mass is 10.1. The minimum absolute atomic E-state index is 0.0123. The van der Waals surface area contributed by atoms with E-state index in [9.17, 15) is 0 Å². The van der Waals surface area contributed by atoms with E-state index in [0.29, 0.717) is 16.6 Å². The van der Waals surface area contributed by atoms with Crippen LogP contribution in [0.1, 0.15) is 16.5 Å². The monoisotopic (exact) mass is 300 g/mol. The summed E-state index contributed by atoms with van der Waals surface area (Å²) in [7, 11) is 0. The molecular formula is C13H14Cl2N2S. The Balaban J connectivity index is 2.10. The number of nitrogens with two attached hydrogens (primary N) is 1. The topological polar surface area (TPSA) is 38.0 Å². The Bertz CT molecular complexity index is 500. The largest absolute Gasteiger partial charge is 0.329 e. The summed E-state index contributed by atoms with van der Waals surface area (Å²) in [5, 5.41) is 6.82. The maximum Gasteiger partial charge on any atom is 0.0462 e. The first-order valence-corrected chi connectivity index (χ1v) is 7.25. The van der Waals surface area contributed by atoms with Gasteiger partial charge in [0.15, 0.2) is 0 Å². The van der Waals surface area contributed by atoms with Crippen molar-refractivity contribution < 1.29 is 0 Å². The van der Waals surface area contributed by atoms with Crippen molar-refractivity contribution in [2.45, 2.75) is 12.6 Å². The molecule has 0 aliphatic heterocycles. The first kappa shape index (κ1) is 13.8. The Morgan fingerprint density at radius 3 is 2.78 bits per heavy atom. The lowest BCUT2D eigenvalue weighted by Crippen LogP contribution is -2.27. The van der Waals surface area contributed by atoms with Crippen LogP contribution in [0.4, 0.5) is 0 Å². The second-order valence-electron chi connectivity index (χ2n) is 3.91. The molecule has 2 aromatic rings. The standard InChI is InChI=1S/C13H14Cl2N2S/c14-9-3-4-12(15)11(6-9)13(7-16)17-8-10-2-1-5-18-10/h1-6,13,17H,7-8,16H2. The summed E-state index contributed by atoms with van der Waals surface area (Å²) in [6.45, 7) is 1.26. The summed E-state index contributed by atoms with van der Waals surface area (Å²) < 4.78 is 0. The van der Waals surface area contributed by atoms with Crippen LogP contribution in [0, 0.1) is 0 Å².